The van der Waals surface area contributed by atoms with E-state index in [0.29, 0.717) is 22.6 Å². The van der Waals surface area contributed by atoms with Crippen molar-refractivity contribution < 1.29 is 24.2 Å². The van der Waals surface area contributed by atoms with E-state index in [1.54, 1.807) is 12.1 Å². The zero-order valence-corrected chi connectivity index (χ0v) is 19.0. The van der Waals surface area contributed by atoms with Crippen LogP contribution in [0.2, 0.25) is 0 Å². The van der Waals surface area contributed by atoms with E-state index >= 15 is 0 Å². The minimum Gasteiger partial charge on any atom is -0.507 e. The lowest BCUT2D eigenvalue weighted by atomic mass is 10.0. The summed E-state index contributed by atoms with van der Waals surface area (Å²) in [7, 11) is 1.47. The van der Waals surface area contributed by atoms with Crippen LogP contribution in [0.25, 0.3) is 0 Å². The number of nitrogens with zero attached hydrogens (tertiary/aromatic N) is 2. The van der Waals surface area contributed by atoms with Gasteiger partial charge in [0.2, 0.25) is 11.9 Å². The number of nitrogen functional groups attached to an aromatic ring is 1. The Labute approximate surface area is 201 Å². The molecule has 1 atom stereocenters. The fourth-order valence-corrected chi connectivity index (χ4v) is 3.31. The summed E-state index contributed by atoms with van der Waals surface area (Å²) in [5.41, 5.74) is 11.7. The summed E-state index contributed by atoms with van der Waals surface area (Å²) in [4.78, 5) is 42.4. The van der Waals surface area contributed by atoms with Crippen molar-refractivity contribution in [1.29, 1.82) is 0 Å². The van der Waals surface area contributed by atoms with Gasteiger partial charge in [-0.2, -0.15) is 0 Å². The van der Waals surface area contributed by atoms with E-state index in [2.05, 4.69) is 20.6 Å². The molecule has 0 unspecified atom stereocenters. The van der Waals surface area contributed by atoms with Gasteiger partial charge in [0.1, 0.15) is 17.2 Å². The van der Waals surface area contributed by atoms with Crippen molar-refractivity contribution in [3.63, 3.8) is 0 Å². The number of nitrogens with two attached hydrogens (primary N) is 2. The van der Waals surface area contributed by atoms with Crippen LogP contribution >= 0.6 is 0 Å². The summed E-state index contributed by atoms with van der Waals surface area (Å²) in [6.07, 6.45) is 2.43. The standard InChI is InChI=1S/C15H13NO4.C9H13N5O/c1-20-11-6-7-12(13(17)8-11)14(18)9-2-4-10(5-3-9)15(16)19;10-9-12-4-2-7(14-9)8(15)13-6-1-3-11-5-6/h2-8,17H,1H3,(H2,16,19);2,4,6,11H,1,3,5H2,(H,13,15)(H2,10,12,14)/t;6-/m.0/s1. The van der Waals surface area contributed by atoms with Crippen LogP contribution in [0.4, 0.5) is 5.95 Å². The topological polar surface area (TPSA) is 183 Å². The molecular weight excluding hydrogens is 452 g/mol. The van der Waals surface area contributed by atoms with Crippen molar-refractivity contribution in [3.8, 4) is 11.5 Å². The number of rotatable bonds is 6. The number of phenolic OH excluding ortho intramolecular Hbond substituents is 1. The zero-order valence-electron chi connectivity index (χ0n) is 19.0. The highest BCUT2D eigenvalue weighted by Crippen LogP contribution is 2.25. The second-order valence-corrected chi connectivity index (χ2v) is 7.62. The van der Waals surface area contributed by atoms with Gasteiger partial charge in [0.25, 0.3) is 5.91 Å². The number of amides is 2. The Balaban J connectivity index is 0.000000203. The van der Waals surface area contributed by atoms with Gasteiger partial charge in [-0.25, -0.2) is 9.97 Å². The average molecular weight is 479 g/mol. The average Bonchev–Trinajstić information content (AvgIpc) is 3.37. The third-order valence-corrected chi connectivity index (χ3v) is 5.18. The molecule has 4 rings (SSSR count). The molecule has 7 N–H and O–H groups in total. The molecule has 2 amide bonds. The summed E-state index contributed by atoms with van der Waals surface area (Å²) >= 11 is 0. The predicted molar refractivity (Wildman–Crippen MR) is 128 cm³/mol. The highest BCUT2D eigenvalue weighted by atomic mass is 16.5. The Morgan fingerprint density at radius 1 is 1.11 bits per heavy atom. The fourth-order valence-electron chi connectivity index (χ4n) is 3.31. The molecule has 11 nitrogen and oxygen atoms in total. The minimum atomic E-state index is -0.559. The third kappa shape index (κ3) is 6.74. The van der Waals surface area contributed by atoms with Crippen LogP contribution < -0.4 is 26.8 Å². The summed E-state index contributed by atoms with van der Waals surface area (Å²) < 4.78 is 4.95. The number of methoxy groups -OCH3 is 1. The quantitative estimate of drug-likeness (QED) is 0.321. The predicted octanol–water partition coefficient (Wildman–Crippen LogP) is 0.881. The van der Waals surface area contributed by atoms with Crippen molar-refractivity contribution >= 4 is 23.5 Å². The number of carbonyl (C=O) groups is 3. The number of ketones is 1. The number of hydrogen-bond acceptors (Lipinski definition) is 9. The number of benzene rings is 2. The van der Waals surface area contributed by atoms with Gasteiger partial charge in [0.05, 0.1) is 12.7 Å². The Morgan fingerprint density at radius 3 is 2.40 bits per heavy atom. The lowest BCUT2D eigenvalue weighted by Crippen LogP contribution is -2.36. The molecule has 0 saturated carbocycles. The molecule has 35 heavy (non-hydrogen) atoms. The normalized spacial score (nSPS) is 14.4. The molecule has 1 fully saturated rings. The van der Waals surface area contributed by atoms with Gasteiger partial charge in [-0.1, -0.05) is 12.1 Å². The Hall–Kier alpha value is -4.51. The van der Waals surface area contributed by atoms with E-state index in [0.717, 1.165) is 19.5 Å². The highest BCUT2D eigenvalue weighted by Gasteiger charge is 2.18. The molecule has 182 valence electrons. The maximum absolute atomic E-state index is 12.2. The molecule has 3 aromatic rings. The first-order valence-electron chi connectivity index (χ1n) is 10.7. The third-order valence-electron chi connectivity index (χ3n) is 5.18. The van der Waals surface area contributed by atoms with E-state index in [4.69, 9.17) is 16.2 Å². The molecule has 1 aliphatic heterocycles. The number of anilines is 1. The Kier molecular flexibility index (Phi) is 8.30. The van der Waals surface area contributed by atoms with Gasteiger partial charge in [-0.15, -0.1) is 0 Å². The molecule has 1 aromatic heterocycles. The molecule has 0 radical (unpaired) electrons. The summed E-state index contributed by atoms with van der Waals surface area (Å²) in [6, 6.07) is 12.1. The Morgan fingerprint density at radius 2 is 1.83 bits per heavy atom. The number of hydrogen-bond donors (Lipinski definition) is 5. The largest absolute Gasteiger partial charge is 0.507 e. The smallest absolute Gasteiger partial charge is 0.270 e. The first kappa shape index (κ1) is 25.1. The summed E-state index contributed by atoms with van der Waals surface area (Å²) in [5.74, 6) is -0.682. The zero-order chi connectivity index (χ0) is 25.4. The Bertz CT molecular complexity index is 1210. The molecule has 2 aromatic carbocycles. The van der Waals surface area contributed by atoms with Gasteiger partial charge in [-0.3, -0.25) is 14.4 Å². The summed E-state index contributed by atoms with van der Waals surface area (Å²) in [5, 5.41) is 15.9. The van der Waals surface area contributed by atoms with Gasteiger partial charge in [0, 0.05) is 36.0 Å². The first-order valence-corrected chi connectivity index (χ1v) is 10.7. The van der Waals surface area contributed by atoms with Crippen molar-refractivity contribution in [2.24, 2.45) is 5.73 Å². The van der Waals surface area contributed by atoms with Crippen LogP contribution in [0.15, 0.2) is 54.7 Å². The van der Waals surface area contributed by atoms with Crippen molar-refractivity contribution in [2.45, 2.75) is 12.5 Å². The van der Waals surface area contributed by atoms with Crippen LogP contribution in [-0.4, -0.2) is 58.9 Å². The molecule has 0 bridgehead atoms. The summed E-state index contributed by atoms with van der Waals surface area (Å²) in [6.45, 7) is 1.75. The number of aromatic nitrogens is 2. The van der Waals surface area contributed by atoms with Crippen molar-refractivity contribution in [1.82, 2.24) is 20.6 Å². The maximum Gasteiger partial charge on any atom is 0.270 e. The second-order valence-electron chi connectivity index (χ2n) is 7.62. The van der Waals surface area contributed by atoms with E-state index in [-0.39, 0.29) is 35.0 Å². The second kappa shape index (κ2) is 11.6. The van der Waals surface area contributed by atoms with Gasteiger partial charge >= 0.3 is 0 Å². The number of phenols is 1. The van der Waals surface area contributed by atoms with Gasteiger partial charge in [0.15, 0.2) is 5.78 Å². The number of aromatic hydroxyl groups is 1. The van der Waals surface area contributed by atoms with Crippen LogP contribution in [0.3, 0.4) is 0 Å². The van der Waals surface area contributed by atoms with Crippen LogP contribution in [0, 0.1) is 0 Å². The maximum atomic E-state index is 12.2. The SMILES string of the molecule is COc1ccc(C(=O)c2ccc(C(N)=O)cc2)c(O)c1.Nc1nccc(C(=O)N[C@H]2CCNC2)n1. The van der Waals surface area contributed by atoms with E-state index in [9.17, 15) is 19.5 Å². The van der Waals surface area contributed by atoms with E-state index in [1.165, 1.54) is 49.7 Å². The van der Waals surface area contributed by atoms with E-state index in [1.807, 2.05) is 0 Å². The molecule has 11 heteroatoms. The van der Waals surface area contributed by atoms with E-state index < -0.39 is 5.91 Å². The van der Waals surface area contributed by atoms with Crippen molar-refractivity contribution in [3.05, 3.63) is 77.1 Å². The van der Waals surface area contributed by atoms with Crippen LogP contribution in [0.1, 0.15) is 43.2 Å². The molecule has 2 heterocycles. The van der Waals surface area contributed by atoms with Crippen LogP contribution in [0.5, 0.6) is 11.5 Å². The monoisotopic (exact) mass is 478 g/mol. The molecule has 1 aliphatic rings. The molecular formula is C24H26N6O5. The molecule has 0 aliphatic carbocycles. The number of nitrogens with one attached hydrogen (secondary N) is 2. The van der Waals surface area contributed by atoms with Gasteiger partial charge in [-0.05, 0) is 43.3 Å². The lowest BCUT2D eigenvalue weighted by Gasteiger charge is -2.10. The number of carbonyl (C=O) groups excluding carboxylic acids is 3. The molecule has 1 saturated heterocycles. The highest BCUT2D eigenvalue weighted by molar-refractivity contribution is 6.11. The minimum absolute atomic E-state index is 0.118. The van der Waals surface area contributed by atoms with Gasteiger partial charge < -0.3 is 31.9 Å². The fraction of sp³-hybridized carbons (Fsp3) is 0.208. The lowest BCUT2D eigenvalue weighted by molar-refractivity contribution is 0.0933. The number of primary amides is 1. The number of ether oxygens (including phenoxy) is 1. The first-order chi connectivity index (χ1) is 16.8. The molecule has 0 spiro atoms. The van der Waals surface area contributed by atoms with Crippen molar-refractivity contribution in [2.75, 3.05) is 25.9 Å². The van der Waals surface area contributed by atoms with Crippen LogP contribution in [-0.2, 0) is 0 Å².